The fourth-order valence-electron chi connectivity index (χ4n) is 6.55. The molecule has 1 saturated carbocycles. The van der Waals surface area contributed by atoms with Gasteiger partial charge >= 0.3 is 12.1 Å². The van der Waals surface area contributed by atoms with Gasteiger partial charge in [-0.1, -0.05) is 87.9 Å². The lowest BCUT2D eigenvalue weighted by molar-refractivity contribution is -0.198. The largest absolute Gasteiger partial charge is 0.460 e. The first-order valence-corrected chi connectivity index (χ1v) is 14.0. The van der Waals surface area contributed by atoms with E-state index < -0.39 is 41.8 Å². The highest BCUT2D eigenvalue weighted by atomic mass is 16.7. The molecule has 0 bridgehead atoms. The van der Waals surface area contributed by atoms with Crippen molar-refractivity contribution in [2.45, 2.75) is 89.1 Å². The summed E-state index contributed by atoms with van der Waals surface area (Å²) >= 11 is 0. The second kappa shape index (κ2) is 11.5. The van der Waals surface area contributed by atoms with E-state index in [0.717, 1.165) is 18.4 Å². The van der Waals surface area contributed by atoms with Gasteiger partial charge in [0.1, 0.15) is 17.9 Å². The molecule has 1 N–H and O–H groups in total. The van der Waals surface area contributed by atoms with Crippen LogP contribution < -0.4 is 0 Å². The second-order valence-corrected chi connectivity index (χ2v) is 12.1. The van der Waals surface area contributed by atoms with Crippen LogP contribution in [-0.2, 0) is 34.8 Å². The maximum absolute atomic E-state index is 14.4. The molecule has 1 unspecified atom stereocenters. The van der Waals surface area contributed by atoms with E-state index in [4.69, 9.17) is 18.9 Å². The average molecular weight is 554 g/mol. The van der Waals surface area contributed by atoms with Gasteiger partial charge in [0.05, 0.1) is 7.11 Å². The molecule has 218 valence electrons. The van der Waals surface area contributed by atoms with Crippen LogP contribution in [0.1, 0.15) is 65.0 Å². The van der Waals surface area contributed by atoms with Gasteiger partial charge < -0.3 is 24.1 Å². The van der Waals surface area contributed by atoms with Crippen LogP contribution in [0.3, 0.4) is 0 Å². The average Bonchev–Trinajstić information content (AvgIpc) is 3.23. The van der Waals surface area contributed by atoms with E-state index in [0.29, 0.717) is 12.3 Å². The minimum Gasteiger partial charge on any atom is -0.460 e. The summed E-state index contributed by atoms with van der Waals surface area (Å²) in [4.78, 5) is 28.7. The van der Waals surface area contributed by atoms with Crippen molar-refractivity contribution in [1.82, 2.24) is 4.90 Å². The molecular weight excluding hydrogens is 510 g/mol. The first kappa shape index (κ1) is 30.0. The molecule has 4 rings (SSSR count). The predicted octanol–water partition coefficient (Wildman–Crippen LogP) is 5.38. The summed E-state index contributed by atoms with van der Waals surface area (Å²) in [6, 6.07) is 17.5. The summed E-state index contributed by atoms with van der Waals surface area (Å²) in [5.74, 6) is -0.493. The fraction of sp³-hybridized carbons (Fsp3) is 0.562. The fourth-order valence-corrected chi connectivity index (χ4v) is 6.55. The van der Waals surface area contributed by atoms with Gasteiger partial charge in [0, 0.05) is 13.0 Å². The molecule has 0 aromatic heterocycles. The molecule has 2 fully saturated rings. The Kier molecular flexibility index (Phi) is 8.64. The summed E-state index contributed by atoms with van der Waals surface area (Å²) in [5.41, 5.74) is -2.41. The van der Waals surface area contributed by atoms with Crippen molar-refractivity contribution in [3.63, 3.8) is 0 Å². The standard InChI is InChI=1S/C32H43NO7/c1-21-18-19-24(30(2,3)22-14-10-8-11-15-22)25(20-21)39-28(34)32(36,23-16-12-9-13-17-23)26-27(37-6)40-31(4,5)33(26)29(35)38-7/h8-17,21,24-27,36H,18-20H2,1-7H3/t21-,24-,25-,26-,27?,32-/m1/s1. The normalized spacial score (nSPS) is 28.0. The zero-order valence-electron chi connectivity index (χ0n) is 24.6. The predicted molar refractivity (Wildman–Crippen MR) is 150 cm³/mol. The lowest BCUT2D eigenvalue weighted by Gasteiger charge is -2.45. The topological polar surface area (TPSA) is 94.5 Å². The molecule has 8 heteroatoms. The monoisotopic (exact) mass is 553 g/mol. The van der Waals surface area contributed by atoms with E-state index in [2.05, 4.69) is 32.9 Å². The smallest absolute Gasteiger partial charge is 0.412 e. The van der Waals surface area contributed by atoms with Crippen molar-refractivity contribution in [2.75, 3.05) is 14.2 Å². The molecule has 1 amide bonds. The van der Waals surface area contributed by atoms with Gasteiger partial charge in [-0.05, 0) is 49.1 Å². The molecule has 1 aliphatic heterocycles. The van der Waals surface area contributed by atoms with Crippen molar-refractivity contribution < 1.29 is 33.6 Å². The quantitative estimate of drug-likeness (QED) is 0.460. The number of benzene rings is 2. The molecule has 40 heavy (non-hydrogen) atoms. The first-order chi connectivity index (χ1) is 18.9. The molecule has 2 aliphatic rings. The molecule has 2 aromatic rings. The Labute approximate surface area is 237 Å². The van der Waals surface area contributed by atoms with Gasteiger partial charge in [0.15, 0.2) is 6.29 Å². The third kappa shape index (κ3) is 5.37. The van der Waals surface area contributed by atoms with E-state index in [-0.39, 0.29) is 16.9 Å². The van der Waals surface area contributed by atoms with Gasteiger partial charge in [-0.2, -0.15) is 0 Å². The number of amides is 1. The van der Waals surface area contributed by atoms with Crippen LogP contribution in [0.15, 0.2) is 60.7 Å². The maximum atomic E-state index is 14.4. The van der Waals surface area contributed by atoms with Crippen LogP contribution in [0.4, 0.5) is 4.79 Å². The van der Waals surface area contributed by atoms with Crippen molar-refractivity contribution in [1.29, 1.82) is 0 Å². The number of methoxy groups -OCH3 is 2. The zero-order chi connectivity index (χ0) is 29.3. The van der Waals surface area contributed by atoms with E-state index in [1.807, 2.05) is 18.2 Å². The van der Waals surface area contributed by atoms with E-state index in [9.17, 15) is 14.7 Å². The summed E-state index contributed by atoms with van der Waals surface area (Å²) in [6.07, 6.45) is 0.215. The number of aliphatic hydroxyl groups is 1. The molecule has 0 radical (unpaired) electrons. The van der Waals surface area contributed by atoms with Gasteiger partial charge in [-0.15, -0.1) is 0 Å². The van der Waals surface area contributed by atoms with Gasteiger partial charge in [-0.25, -0.2) is 9.59 Å². The highest BCUT2D eigenvalue weighted by Crippen LogP contribution is 2.47. The minimum absolute atomic E-state index is 0.0151. The molecule has 8 nitrogen and oxygen atoms in total. The number of carbonyl (C=O) groups is 2. The maximum Gasteiger partial charge on any atom is 0.412 e. The molecule has 1 saturated heterocycles. The zero-order valence-corrected chi connectivity index (χ0v) is 24.6. The summed E-state index contributed by atoms with van der Waals surface area (Å²) < 4.78 is 23.1. The summed E-state index contributed by atoms with van der Waals surface area (Å²) in [5, 5.41) is 12.5. The molecule has 2 aromatic carbocycles. The number of hydrogen-bond acceptors (Lipinski definition) is 7. The molecule has 1 aliphatic carbocycles. The first-order valence-electron chi connectivity index (χ1n) is 14.0. The number of esters is 1. The van der Waals surface area contributed by atoms with Crippen molar-refractivity contribution in [2.24, 2.45) is 11.8 Å². The minimum atomic E-state index is -2.31. The Bertz CT molecular complexity index is 1170. The Balaban J connectivity index is 1.78. The van der Waals surface area contributed by atoms with Crippen molar-refractivity contribution in [3.8, 4) is 0 Å². The molecule has 1 heterocycles. The Hall–Kier alpha value is -2.94. The van der Waals surface area contributed by atoms with Crippen molar-refractivity contribution in [3.05, 3.63) is 71.8 Å². The highest BCUT2D eigenvalue weighted by Gasteiger charge is 2.64. The van der Waals surface area contributed by atoms with Crippen LogP contribution in [0.2, 0.25) is 0 Å². The highest BCUT2D eigenvalue weighted by molar-refractivity contribution is 5.84. The number of hydrogen-bond donors (Lipinski definition) is 1. The van der Waals surface area contributed by atoms with E-state index in [1.165, 1.54) is 19.1 Å². The summed E-state index contributed by atoms with van der Waals surface area (Å²) in [6.45, 7) is 9.84. The Morgan fingerprint density at radius 1 is 0.975 bits per heavy atom. The third-order valence-electron chi connectivity index (χ3n) is 8.83. The Morgan fingerprint density at radius 3 is 2.10 bits per heavy atom. The molecule has 0 spiro atoms. The van der Waals surface area contributed by atoms with E-state index in [1.54, 1.807) is 44.2 Å². The van der Waals surface area contributed by atoms with Crippen LogP contribution in [-0.4, -0.2) is 60.4 Å². The lowest BCUT2D eigenvalue weighted by Crippen LogP contribution is -2.62. The van der Waals surface area contributed by atoms with Crippen LogP contribution >= 0.6 is 0 Å². The van der Waals surface area contributed by atoms with Gasteiger partial charge in [0.25, 0.3) is 0 Å². The van der Waals surface area contributed by atoms with Crippen LogP contribution in [0.25, 0.3) is 0 Å². The van der Waals surface area contributed by atoms with Gasteiger partial charge in [0.2, 0.25) is 5.60 Å². The Morgan fingerprint density at radius 2 is 1.55 bits per heavy atom. The molecule has 6 atom stereocenters. The summed E-state index contributed by atoms with van der Waals surface area (Å²) in [7, 11) is 2.65. The van der Waals surface area contributed by atoms with Crippen LogP contribution in [0.5, 0.6) is 0 Å². The lowest BCUT2D eigenvalue weighted by atomic mass is 9.64. The number of rotatable bonds is 7. The SMILES string of the molecule is COC(=O)N1[C@@H]([C@@](O)(C(=O)O[C@@H]2C[C@H](C)CC[C@H]2C(C)(C)c2ccccc2)c2ccccc2)C(OC)OC1(C)C. The molecular formula is C32H43NO7. The third-order valence-corrected chi connectivity index (χ3v) is 8.83. The van der Waals surface area contributed by atoms with Gasteiger partial charge in [-0.3, -0.25) is 4.90 Å². The van der Waals surface area contributed by atoms with Crippen LogP contribution in [0, 0.1) is 11.8 Å². The second-order valence-electron chi connectivity index (χ2n) is 12.1. The number of carbonyl (C=O) groups excluding carboxylic acids is 2. The van der Waals surface area contributed by atoms with E-state index >= 15 is 0 Å². The van der Waals surface area contributed by atoms with Crippen molar-refractivity contribution >= 4 is 12.1 Å². The number of nitrogens with zero attached hydrogens (tertiary/aromatic N) is 1. The number of ether oxygens (including phenoxy) is 4.